The van der Waals surface area contributed by atoms with Crippen LogP contribution in [0.4, 0.5) is 5.69 Å². The molecule has 0 atom stereocenters. The minimum Gasteiger partial charge on any atom is -0.478 e. The van der Waals surface area contributed by atoms with Crippen LogP contribution in [-0.2, 0) is 4.79 Å². The quantitative estimate of drug-likeness (QED) is 0.825. The van der Waals surface area contributed by atoms with Gasteiger partial charge in [-0.1, -0.05) is 12.1 Å². The SMILES string of the molecule is CN(C(=O)CN1CCNCC1)c1ccccc1C(=O)O. The average Bonchev–Trinajstić information content (AvgIpc) is 2.47. The van der Waals surface area contributed by atoms with Crippen LogP contribution in [0.2, 0.25) is 0 Å². The van der Waals surface area contributed by atoms with Crippen molar-refractivity contribution in [2.75, 3.05) is 44.7 Å². The van der Waals surface area contributed by atoms with Crippen LogP contribution in [0.15, 0.2) is 24.3 Å². The van der Waals surface area contributed by atoms with Crippen molar-refractivity contribution in [1.29, 1.82) is 0 Å². The Morgan fingerprint density at radius 1 is 1.30 bits per heavy atom. The van der Waals surface area contributed by atoms with Gasteiger partial charge in [0.2, 0.25) is 5.91 Å². The minimum atomic E-state index is -1.03. The van der Waals surface area contributed by atoms with Gasteiger partial charge in [-0.05, 0) is 12.1 Å². The van der Waals surface area contributed by atoms with Crippen LogP contribution in [0.3, 0.4) is 0 Å². The Morgan fingerprint density at radius 2 is 1.95 bits per heavy atom. The number of carboxylic acid groups (broad SMARTS) is 1. The molecule has 20 heavy (non-hydrogen) atoms. The molecule has 0 saturated carbocycles. The van der Waals surface area contributed by atoms with Crippen molar-refractivity contribution in [3.63, 3.8) is 0 Å². The maximum absolute atomic E-state index is 12.3. The third-order valence-electron chi connectivity index (χ3n) is 3.44. The summed E-state index contributed by atoms with van der Waals surface area (Å²) in [6, 6.07) is 6.54. The molecule has 0 radical (unpaired) electrons. The first-order valence-corrected chi connectivity index (χ1v) is 6.61. The molecule has 0 spiro atoms. The Hall–Kier alpha value is -1.92. The summed E-state index contributed by atoms with van der Waals surface area (Å²) in [5.41, 5.74) is 0.573. The highest BCUT2D eigenvalue weighted by Crippen LogP contribution is 2.19. The number of nitrogens with zero attached hydrogens (tertiary/aromatic N) is 2. The maximum Gasteiger partial charge on any atom is 0.337 e. The van der Waals surface area contributed by atoms with E-state index in [1.807, 2.05) is 0 Å². The van der Waals surface area contributed by atoms with Crippen LogP contribution in [0.1, 0.15) is 10.4 Å². The molecule has 6 heteroatoms. The van der Waals surface area contributed by atoms with Crippen molar-refractivity contribution in [2.45, 2.75) is 0 Å². The first-order chi connectivity index (χ1) is 9.59. The average molecular weight is 277 g/mol. The minimum absolute atomic E-state index is 0.0967. The number of likely N-dealkylation sites (N-methyl/N-ethyl adjacent to an activating group) is 1. The van der Waals surface area contributed by atoms with Gasteiger partial charge in [0.1, 0.15) is 0 Å². The Labute approximate surface area is 118 Å². The molecule has 1 aliphatic rings. The third kappa shape index (κ3) is 3.34. The van der Waals surface area contributed by atoms with Crippen molar-refractivity contribution in [2.24, 2.45) is 0 Å². The molecular weight excluding hydrogens is 258 g/mol. The molecule has 1 heterocycles. The first-order valence-electron chi connectivity index (χ1n) is 6.61. The highest BCUT2D eigenvalue weighted by atomic mass is 16.4. The Bertz CT molecular complexity index is 498. The van der Waals surface area contributed by atoms with Crippen LogP contribution >= 0.6 is 0 Å². The summed E-state index contributed by atoms with van der Waals surface area (Å²) in [5.74, 6) is -1.12. The van der Waals surface area contributed by atoms with Crippen molar-refractivity contribution >= 4 is 17.6 Å². The van der Waals surface area contributed by atoms with Gasteiger partial charge in [0.25, 0.3) is 0 Å². The second-order valence-electron chi connectivity index (χ2n) is 4.80. The molecule has 2 rings (SSSR count). The monoisotopic (exact) mass is 277 g/mol. The number of para-hydroxylation sites is 1. The van der Waals surface area contributed by atoms with Gasteiger partial charge in [-0.3, -0.25) is 9.69 Å². The lowest BCUT2D eigenvalue weighted by molar-refractivity contribution is -0.119. The van der Waals surface area contributed by atoms with Crippen LogP contribution < -0.4 is 10.2 Å². The molecule has 1 aliphatic heterocycles. The van der Waals surface area contributed by atoms with Gasteiger partial charge in [0.05, 0.1) is 17.8 Å². The molecule has 1 saturated heterocycles. The van der Waals surface area contributed by atoms with Crippen LogP contribution in [0.5, 0.6) is 0 Å². The molecule has 0 unspecified atom stereocenters. The van der Waals surface area contributed by atoms with E-state index in [9.17, 15) is 9.59 Å². The number of aromatic carboxylic acids is 1. The van der Waals surface area contributed by atoms with Gasteiger partial charge in [-0.2, -0.15) is 0 Å². The fraction of sp³-hybridized carbons (Fsp3) is 0.429. The lowest BCUT2D eigenvalue weighted by Gasteiger charge is -2.28. The second-order valence-corrected chi connectivity index (χ2v) is 4.80. The molecule has 0 aromatic heterocycles. The number of carboxylic acids is 1. The maximum atomic E-state index is 12.3. The summed E-state index contributed by atoms with van der Waals surface area (Å²) in [5, 5.41) is 12.4. The molecule has 0 aliphatic carbocycles. The lowest BCUT2D eigenvalue weighted by Crippen LogP contribution is -2.48. The molecule has 6 nitrogen and oxygen atoms in total. The van der Waals surface area contributed by atoms with E-state index in [4.69, 9.17) is 5.11 Å². The van der Waals surface area contributed by atoms with Crippen LogP contribution in [0.25, 0.3) is 0 Å². The first kappa shape index (κ1) is 14.5. The fourth-order valence-electron chi connectivity index (χ4n) is 2.25. The van der Waals surface area contributed by atoms with Gasteiger partial charge in [0, 0.05) is 33.2 Å². The number of carbonyl (C=O) groups is 2. The molecule has 2 N–H and O–H groups in total. The largest absolute Gasteiger partial charge is 0.478 e. The Balaban J connectivity index is 2.08. The van der Waals surface area contributed by atoms with E-state index in [1.54, 1.807) is 25.2 Å². The summed E-state index contributed by atoms with van der Waals surface area (Å²) in [6.07, 6.45) is 0. The van der Waals surface area contributed by atoms with Gasteiger partial charge in [-0.25, -0.2) is 4.79 Å². The van der Waals surface area contributed by atoms with Gasteiger partial charge < -0.3 is 15.3 Å². The zero-order valence-corrected chi connectivity index (χ0v) is 11.5. The number of hydrogen-bond donors (Lipinski definition) is 2. The van der Waals surface area contributed by atoms with E-state index >= 15 is 0 Å². The zero-order chi connectivity index (χ0) is 14.5. The summed E-state index contributed by atoms with van der Waals surface area (Å²) in [4.78, 5) is 26.9. The molecule has 108 valence electrons. The van der Waals surface area contributed by atoms with Crippen LogP contribution in [0, 0.1) is 0 Å². The smallest absolute Gasteiger partial charge is 0.337 e. The highest BCUT2D eigenvalue weighted by Gasteiger charge is 2.20. The highest BCUT2D eigenvalue weighted by molar-refractivity contribution is 6.02. The van der Waals surface area contributed by atoms with Crippen molar-refractivity contribution < 1.29 is 14.7 Å². The predicted octanol–water partition coefficient (Wildman–Crippen LogP) is 0.253. The summed E-state index contributed by atoms with van der Waals surface area (Å²) >= 11 is 0. The molecule has 1 aromatic carbocycles. The van der Waals surface area contributed by atoms with Crippen molar-refractivity contribution in [3.8, 4) is 0 Å². The van der Waals surface area contributed by atoms with E-state index in [0.29, 0.717) is 12.2 Å². The number of anilines is 1. The number of hydrogen-bond acceptors (Lipinski definition) is 4. The van der Waals surface area contributed by atoms with Gasteiger partial charge in [-0.15, -0.1) is 0 Å². The van der Waals surface area contributed by atoms with E-state index in [0.717, 1.165) is 26.2 Å². The van der Waals surface area contributed by atoms with Gasteiger partial charge in [0.15, 0.2) is 0 Å². The molecule has 1 aromatic rings. The van der Waals surface area contributed by atoms with E-state index in [2.05, 4.69) is 10.2 Å². The van der Waals surface area contributed by atoms with E-state index in [-0.39, 0.29) is 11.5 Å². The second kappa shape index (κ2) is 6.49. The number of carbonyl (C=O) groups excluding carboxylic acids is 1. The summed E-state index contributed by atoms with van der Waals surface area (Å²) in [6.45, 7) is 3.73. The van der Waals surface area contributed by atoms with Crippen LogP contribution in [-0.4, -0.2) is 61.7 Å². The van der Waals surface area contributed by atoms with E-state index in [1.165, 1.54) is 11.0 Å². The predicted molar refractivity (Wildman–Crippen MR) is 76.1 cm³/mol. The topological polar surface area (TPSA) is 72.9 Å². The van der Waals surface area contributed by atoms with Gasteiger partial charge >= 0.3 is 5.97 Å². The summed E-state index contributed by atoms with van der Waals surface area (Å²) < 4.78 is 0. The normalized spacial score (nSPS) is 15.8. The molecule has 1 fully saturated rings. The standard InChI is InChI=1S/C14H19N3O3/c1-16(12-5-3-2-4-11(12)14(19)20)13(18)10-17-8-6-15-7-9-17/h2-5,15H,6-10H2,1H3,(H,19,20). The van der Waals surface area contributed by atoms with Crippen molar-refractivity contribution in [1.82, 2.24) is 10.2 Å². The number of amides is 1. The molecule has 1 amide bonds. The summed E-state index contributed by atoms with van der Waals surface area (Å²) in [7, 11) is 1.62. The molecular formula is C14H19N3O3. The fourth-order valence-corrected chi connectivity index (χ4v) is 2.25. The van der Waals surface area contributed by atoms with E-state index < -0.39 is 5.97 Å². The Kier molecular flexibility index (Phi) is 4.70. The van der Waals surface area contributed by atoms with Crippen molar-refractivity contribution in [3.05, 3.63) is 29.8 Å². The lowest BCUT2D eigenvalue weighted by atomic mass is 10.1. The Morgan fingerprint density at radius 3 is 2.60 bits per heavy atom. The zero-order valence-electron chi connectivity index (χ0n) is 11.5. The molecule has 0 bridgehead atoms. The number of rotatable bonds is 4. The third-order valence-corrected chi connectivity index (χ3v) is 3.44. The number of benzene rings is 1. The number of piperazine rings is 1. The number of nitrogens with one attached hydrogen (secondary N) is 1.